The lowest BCUT2D eigenvalue weighted by atomic mass is 10.2. The molecule has 0 radical (unpaired) electrons. The van der Waals surface area contributed by atoms with Gasteiger partial charge in [0.1, 0.15) is 6.04 Å². The molecule has 1 aliphatic carbocycles. The molecule has 6 nitrogen and oxygen atoms in total. The van der Waals surface area contributed by atoms with Crippen LogP contribution >= 0.6 is 0 Å². The average molecular weight is 249 g/mol. The van der Waals surface area contributed by atoms with E-state index in [-0.39, 0.29) is 5.92 Å². The molecular weight excluding hydrogens is 234 g/mol. The van der Waals surface area contributed by atoms with E-state index >= 15 is 0 Å². The van der Waals surface area contributed by atoms with Crippen LogP contribution in [0.1, 0.15) is 18.5 Å². The Balaban J connectivity index is 1.93. The van der Waals surface area contributed by atoms with Gasteiger partial charge >= 0.3 is 5.97 Å². The minimum Gasteiger partial charge on any atom is -0.480 e. The zero-order valence-corrected chi connectivity index (χ0v) is 10.0. The van der Waals surface area contributed by atoms with Crippen molar-refractivity contribution in [2.75, 3.05) is 0 Å². The van der Waals surface area contributed by atoms with Gasteiger partial charge in [0.2, 0.25) is 5.91 Å². The Bertz CT molecular complexity index is 489. The lowest BCUT2D eigenvalue weighted by Crippen LogP contribution is -2.41. The molecule has 1 saturated carbocycles. The van der Waals surface area contributed by atoms with Crippen molar-refractivity contribution in [1.82, 2.24) is 15.1 Å². The second-order valence-electron chi connectivity index (χ2n) is 4.37. The normalized spacial score (nSPS) is 16.7. The van der Waals surface area contributed by atoms with Gasteiger partial charge in [-0.3, -0.25) is 9.48 Å². The summed E-state index contributed by atoms with van der Waals surface area (Å²) in [7, 11) is 1.77. The van der Waals surface area contributed by atoms with Crippen molar-refractivity contribution < 1.29 is 14.7 Å². The Morgan fingerprint density at radius 2 is 2.33 bits per heavy atom. The van der Waals surface area contributed by atoms with Crippen molar-refractivity contribution in [3.05, 3.63) is 24.0 Å². The van der Waals surface area contributed by atoms with Gasteiger partial charge in [-0.2, -0.15) is 5.10 Å². The van der Waals surface area contributed by atoms with E-state index < -0.39 is 17.9 Å². The Hall–Kier alpha value is -2.11. The van der Waals surface area contributed by atoms with Crippen LogP contribution in [0.2, 0.25) is 0 Å². The number of nitrogens with one attached hydrogen (secondary N) is 1. The molecule has 1 heterocycles. The van der Waals surface area contributed by atoms with Crippen LogP contribution in [0.3, 0.4) is 0 Å². The molecule has 1 unspecified atom stereocenters. The third kappa shape index (κ3) is 2.97. The Morgan fingerprint density at radius 3 is 2.83 bits per heavy atom. The van der Waals surface area contributed by atoms with Crippen molar-refractivity contribution in [3.63, 3.8) is 0 Å². The van der Waals surface area contributed by atoms with Crippen molar-refractivity contribution >= 4 is 18.0 Å². The fraction of sp³-hybridized carbons (Fsp3) is 0.417. The molecule has 0 aliphatic heterocycles. The topological polar surface area (TPSA) is 84.2 Å². The van der Waals surface area contributed by atoms with Gasteiger partial charge in [0.05, 0.1) is 5.69 Å². The maximum Gasteiger partial charge on any atom is 0.326 e. The predicted octanol–water partition coefficient (Wildman–Crippen LogP) is 0.413. The van der Waals surface area contributed by atoms with Gasteiger partial charge in [0.15, 0.2) is 0 Å². The Kier molecular flexibility index (Phi) is 3.45. The minimum atomic E-state index is -0.972. The average Bonchev–Trinajstić information content (AvgIpc) is 3.07. The minimum absolute atomic E-state index is 0.0801. The van der Waals surface area contributed by atoms with E-state index in [2.05, 4.69) is 10.4 Å². The molecule has 2 N–H and O–H groups in total. The SMILES string of the molecule is Cn1nccc1C=CC(=O)NC(C(=O)O)C1CC1. The first kappa shape index (κ1) is 12.3. The third-order valence-electron chi connectivity index (χ3n) is 2.92. The third-order valence-corrected chi connectivity index (χ3v) is 2.92. The summed E-state index contributed by atoms with van der Waals surface area (Å²) in [6, 6.07) is 0.994. The van der Waals surface area contributed by atoms with Gasteiger partial charge in [-0.1, -0.05) is 0 Å². The fourth-order valence-corrected chi connectivity index (χ4v) is 1.72. The molecule has 1 aliphatic rings. The lowest BCUT2D eigenvalue weighted by Gasteiger charge is -2.11. The van der Waals surface area contributed by atoms with Crippen LogP contribution in [0.5, 0.6) is 0 Å². The number of carboxylic acid groups (broad SMARTS) is 1. The summed E-state index contributed by atoms with van der Waals surface area (Å²) in [5.74, 6) is -1.29. The van der Waals surface area contributed by atoms with Crippen LogP contribution in [0.15, 0.2) is 18.3 Å². The molecule has 96 valence electrons. The number of carboxylic acids is 1. The second-order valence-corrected chi connectivity index (χ2v) is 4.37. The van der Waals surface area contributed by atoms with Crippen molar-refractivity contribution in [1.29, 1.82) is 0 Å². The molecule has 0 aromatic carbocycles. The summed E-state index contributed by atoms with van der Waals surface area (Å²) in [5, 5.41) is 15.4. The summed E-state index contributed by atoms with van der Waals surface area (Å²) < 4.78 is 1.62. The number of rotatable bonds is 5. The smallest absolute Gasteiger partial charge is 0.326 e. The molecule has 1 atom stereocenters. The first-order chi connectivity index (χ1) is 8.58. The standard InChI is InChI=1S/C12H15N3O3/c1-15-9(6-7-13-15)4-5-10(16)14-11(12(17)18)8-2-3-8/h4-8,11H,2-3H2,1H3,(H,14,16)(H,17,18). The monoisotopic (exact) mass is 249 g/mol. The molecule has 1 fully saturated rings. The van der Waals surface area contributed by atoms with E-state index in [4.69, 9.17) is 5.11 Å². The van der Waals surface area contributed by atoms with E-state index in [0.717, 1.165) is 18.5 Å². The molecule has 1 aromatic heterocycles. The first-order valence-corrected chi connectivity index (χ1v) is 5.77. The number of amides is 1. The van der Waals surface area contributed by atoms with E-state index in [1.807, 2.05) is 0 Å². The molecular formula is C12H15N3O3. The number of carbonyl (C=O) groups is 2. The number of hydrogen-bond acceptors (Lipinski definition) is 3. The van der Waals surface area contributed by atoms with Gasteiger partial charge in [0, 0.05) is 19.3 Å². The van der Waals surface area contributed by atoms with Gasteiger partial charge in [0.25, 0.3) is 0 Å². The van der Waals surface area contributed by atoms with E-state index in [1.165, 1.54) is 6.08 Å². The maximum atomic E-state index is 11.6. The van der Waals surface area contributed by atoms with Crippen LogP contribution in [0.25, 0.3) is 6.08 Å². The molecule has 1 aromatic rings. The highest BCUT2D eigenvalue weighted by Crippen LogP contribution is 2.32. The molecule has 6 heteroatoms. The number of aryl methyl sites for hydroxylation is 1. The zero-order chi connectivity index (χ0) is 13.1. The molecule has 0 saturated heterocycles. The van der Waals surface area contributed by atoms with Crippen LogP contribution in [0.4, 0.5) is 0 Å². The molecule has 0 spiro atoms. The van der Waals surface area contributed by atoms with Crippen molar-refractivity contribution in [3.8, 4) is 0 Å². The van der Waals surface area contributed by atoms with Crippen molar-refractivity contribution in [2.45, 2.75) is 18.9 Å². The van der Waals surface area contributed by atoms with Gasteiger partial charge in [-0.15, -0.1) is 0 Å². The van der Waals surface area contributed by atoms with Gasteiger partial charge < -0.3 is 10.4 Å². The van der Waals surface area contributed by atoms with Gasteiger partial charge in [-0.05, 0) is 30.9 Å². The van der Waals surface area contributed by atoms with Crippen LogP contribution in [-0.4, -0.2) is 32.8 Å². The summed E-state index contributed by atoms with van der Waals surface area (Å²) in [5.41, 5.74) is 0.781. The second kappa shape index (κ2) is 5.03. The molecule has 18 heavy (non-hydrogen) atoms. The number of carbonyl (C=O) groups excluding carboxylic acids is 1. The van der Waals surface area contributed by atoms with E-state index in [0.29, 0.717) is 0 Å². The van der Waals surface area contributed by atoms with Crippen LogP contribution in [0, 0.1) is 5.92 Å². The Morgan fingerprint density at radius 1 is 1.61 bits per heavy atom. The van der Waals surface area contributed by atoms with Crippen LogP contribution < -0.4 is 5.32 Å². The summed E-state index contributed by atoms with van der Waals surface area (Å²) in [6.07, 6.45) is 6.29. The molecule has 2 rings (SSSR count). The number of hydrogen-bond donors (Lipinski definition) is 2. The summed E-state index contributed by atoms with van der Waals surface area (Å²) >= 11 is 0. The fourth-order valence-electron chi connectivity index (χ4n) is 1.72. The highest BCUT2D eigenvalue weighted by molar-refractivity contribution is 5.94. The molecule has 0 bridgehead atoms. The lowest BCUT2D eigenvalue weighted by molar-refractivity contribution is -0.141. The quantitative estimate of drug-likeness (QED) is 0.740. The highest BCUT2D eigenvalue weighted by atomic mass is 16.4. The summed E-state index contributed by atoms with van der Waals surface area (Å²) in [4.78, 5) is 22.6. The maximum absolute atomic E-state index is 11.6. The van der Waals surface area contributed by atoms with Gasteiger partial charge in [-0.25, -0.2) is 4.79 Å². The number of nitrogens with zero attached hydrogens (tertiary/aromatic N) is 2. The van der Waals surface area contributed by atoms with Crippen molar-refractivity contribution in [2.24, 2.45) is 13.0 Å². The highest BCUT2D eigenvalue weighted by Gasteiger charge is 2.36. The first-order valence-electron chi connectivity index (χ1n) is 5.77. The van der Waals surface area contributed by atoms with Crippen LogP contribution in [-0.2, 0) is 16.6 Å². The predicted molar refractivity (Wildman–Crippen MR) is 64.5 cm³/mol. The number of aliphatic carboxylic acids is 1. The Labute approximate surface area is 104 Å². The molecule has 1 amide bonds. The number of aromatic nitrogens is 2. The largest absolute Gasteiger partial charge is 0.480 e. The summed E-state index contributed by atoms with van der Waals surface area (Å²) in [6.45, 7) is 0. The van der Waals surface area contributed by atoms with E-state index in [1.54, 1.807) is 30.1 Å². The zero-order valence-electron chi connectivity index (χ0n) is 10.0. The van der Waals surface area contributed by atoms with E-state index in [9.17, 15) is 9.59 Å².